The Bertz CT molecular complexity index is 694. The fourth-order valence-electron chi connectivity index (χ4n) is 2.04. The zero-order chi connectivity index (χ0) is 16.3. The number of aryl methyl sites for hydroxylation is 1. The number of carbonyl (C=O) groups excluding carboxylic acids is 1. The average molecular weight is 302 g/mol. The van der Waals surface area contributed by atoms with Gasteiger partial charge in [0.15, 0.2) is 5.69 Å². The first kappa shape index (κ1) is 15.7. The lowest BCUT2D eigenvalue weighted by molar-refractivity contribution is -0.138. The number of hydrogen-bond donors (Lipinski definition) is 1. The third kappa shape index (κ3) is 3.49. The number of benzene rings is 1. The van der Waals surface area contributed by atoms with E-state index in [-0.39, 0.29) is 18.3 Å². The van der Waals surface area contributed by atoms with Gasteiger partial charge in [-0.15, -0.1) is 5.10 Å². The molecule has 22 heavy (non-hydrogen) atoms. The van der Waals surface area contributed by atoms with E-state index in [2.05, 4.69) is 10.3 Å². The summed E-state index contributed by atoms with van der Waals surface area (Å²) >= 11 is 0. The number of aliphatic carboxylic acids is 1. The molecule has 1 aromatic carbocycles. The van der Waals surface area contributed by atoms with Crippen molar-refractivity contribution >= 4 is 11.9 Å². The molecule has 1 amide bonds. The van der Waals surface area contributed by atoms with Crippen molar-refractivity contribution in [3.05, 3.63) is 41.7 Å². The van der Waals surface area contributed by atoms with E-state index in [1.807, 2.05) is 31.2 Å². The summed E-state index contributed by atoms with van der Waals surface area (Å²) in [6.45, 7) is 5.10. The molecule has 0 unspecified atom stereocenters. The number of hydrogen-bond acceptors (Lipinski definition) is 4. The highest BCUT2D eigenvalue weighted by molar-refractivity contribution is 5.94. The average Bonchev–Trinajstić information content (AvgIpc) is 2.93. The summed E-state index contributed by atoms with van der Waals surface area (Å²) in [5.41, 5.74) is 1.98. The molecule has 0 bridgehead atoms. The third-order valence-corrected chi connectivity index (χ3v) is 3.17. The van der Waals surface area contributed by atoms with Gasteiger partial charge < -0.3 is 10.0 Å². The van der Waals surface area contributed by atoms with E-state index in [1.54, 1.807) is 13.8 Å². The molecule has 2 aromatic rings. The molecule has 0 fully saturated rings. The van der Waals surface area contributed by atoms with Crippen LogP contribution < -0.4 is 0 Å². The molecule has 1 N–H and O–H groups in total. The number of aromatic nitrogens is 3. The Labute approximate surface area is 128 Å². The van der Waals surface area contributed by atoms with Gasteiger partial charge in [-0.3, -0.25) is 9.59 Å². The van der Waals surface area contributed by atoms with E-state index in [0.29, 0.717) is 0 Å². The van der Waals surface area contributed by atoms with Crippen molar-refractivity contribution in [1.29, 1.82) is 0 Å². The summed E-state index contributed by atoms with van der Waals surface area (Å²) in [6, 6.07) is 7.37. The first-order valence-electron chi connectivity index (χ1n) is 6.90. The molecular formula is C15H18N4O3. The summed E-state index contributed by atoms with van der Waals surface area (Å²) in [6.07, 6.45) is 1.51. The van der Waals surface area contributed by atoms with Gasteiger partial charge in [0, 0.05) is 6.04 Å². The van der Waals surface area contributed by atoms with Crippen molar-refractivity contribution in [2.24, 2.45) is 0 Å². The number of carbonyl (C=O) groups is 2. The zero-order valence-electron chi connectivity index (χ0n) is 12.7. The van der Waals surface area contributed by atoms with Crippen LogP contribution in [0.3, 0.4) is 0 Å². The second kappa shape index (κ2) is 6.38. The Kier molecular flexibility index (Phi) is 4.55. The van der Waals surface area contributed by atoms with Crippen LogP contribution in [0, 0.1) is 6.92 Å². The second-order valence-corrected chi connectivity index (χ2v) is 5.31. The van der Waals surface area contributed by atoms with Gasteiger partial charge in [-0.05, 0) is 38.5 Å². The lowest BCUT2D eigenvalue weighted by atomic mass is 10.2. The van der Waals surface area contributed by atoms with E-state index in [4.69, 9.17) is 5.11 Å². The quantitative estimate of drug-likeness (QED) is 0.904. The summed E-state index contributed by atoms with van der Waals surface area (Å²) in [5.74, 6) is -1.51. The van der Waals surface area contributed by atoms with Crippen molar-refractivity contribution in [2.75, 3.05) is 6.54 Å². The summed E-state index contributed by atoms with van der Waals surface area (Å²) in [4.78, 5) is 24.5. The number of nitrogens with zero attached hydrogens (tertiary/aromatic N) is 4. The maximum atomic E-state index is 12.4. The maximum Gasteiger partial charge on any atom is 0.323 e. The van der Waals surface area contributed by atoms with E-state index in [1.165, 1.54) is 15.8 Å². The fraction of sp³-hybridized carbons (Fsp3) is 0.333. The van der Waals surface area contributed by atoms with Gasteiger partial charge in [0.25, 0.3) is 5.91 Å². The van der Waals surface area contributed by atoms with Gasteiger partial charge in [0.1, 0.15) is 6.54 Å². The molecule has 0 saturated heterocycles. The Morgan fingerprint density at radius 1 is 1.36 bits per heavy atom. The van der Waals surface area contributed by atoms with Gasteiger partial charge >= 0.3 is 5.97 Å². The van der Waals surface area contributed by atoms with Gasteiger partial charge in [0.2, 0.25) is 0 Å². The minimum absolute atomic E-state index is 0.122. The zero-order valence-corrected chi connectivity index (χ0v) is 12.7. The molecule has 116 valence electrons. The van der Waals surface area contributed by atoms with Crippen LogP contribution >= 0.6 is 0 Å². The molecule has 2 rings (SSSR count). The summed E-state index contributed by atoms with van der Waals surface area (Å²) in [7, 11) is 0. The first-order valence-corrected chi connectivity index (χ1v) is 6.90. The van der Waals surface area contributed by atoms with E-state index >= 15 is 0 Å². The molecule has 0 saturated carbocycles. The third-order valence-electron chi connectivity index (χ3n) is 3.17. The summed E-state index contributed by atoms with van der Waals surface area (Å²) in [5, 5.41) is 16.7. The van der Waals surface area contributed by atoms with Crippen molar-refractivity contribution in [3.63, 3.8) is 0 Å². The minimum Gasteiger partial charge on any atom is -0.480 e. The number of amides is 1. The largest absolute Gasteiger partial charge is 0.480 e. The van der Waals surface area contributed by atoms with Crippen LogP contribution in [0.1, 0.15) is 29.9 Å². The van der Waals surface area contributed by atoms with Crippen molar-refractivity contribution < 1.29 is 14.7 Å². The topological polar surface area (TPSA) is 88.3 Å². The standard InChI is InChI=1S/C15H18N4O3/c1-10(2)18(9-14(20)21)15(22)13-8-19(17-16-13)12-6-4-5-11(3)7-12/h4-8,10H,9H2,1-3H3,(H,20,21). The molecule has 0 aliphatic heterocycles. The lowest BCUT2D eigenvalue weighted by Crippen LogP contribution is -2.40. The molecular weight excluding hydrogens is 284 g/mol. The molecule has 0 aliphatic carbocycles. The predicted molar refractivity (Wildman–Crippen MR) is 79.9 cm³/mol. The molecule has 1 aromatic heterocycles. The summed E-state index contributed by atoms with van der Waals surface area (Å²) < 4.78 is 1.50. The number of rotatable bonds is 5. The van der Waals surface area contributed by atoms with Crippen LogP contribution in [0.4, 0.5) is 0 Å². The van der Waals surface area contributed by atoms with Crippen LogP contribution in [-0.2, 0) is 4.79 Å². The monoisotopic (exact) mass is 302 g/mol. The second-order valence-electron chi connectivity index (χ2n) is 5.31. The molecule has 0 radical (unpaired) electrons. The number of carboxylic acid groups (broad SMARTS) is 1. The maximum absolute atomic E-state index is 12.4. The van der Waals surface area contributed by atoms with Crippen molar-refractivity contribution in [2.45, 2.75) is 26.8 Å². The smallest absolute Gasteiger partial charge is 0.323 e. The van der Waals surface area contributed by atoms with E-state index in [0.717, 1.165) is 11.3 Å². The highest BCUT2D eigenvalue weighted by Gasteiger charge is 2.23. The minimum atomic E-state index is -1.06. The molecule has 0 atom stereocenters. The SMILES string of the molecule is Cc1cccc(-n2cc(C(=O)N(CC(=O)O)C(C)C)nn2)c1. The van der Waals surface area contributed by atoms with E-state index in [9.17, 15) is 9.59 Å². The highest BCUT2D eigenvalue weighted by Crippen LogP contribution is 2.11. The normalized spacial score (nSPS) is 10.7. The van der Waals surface area contributed by atoms with Gasteiger partial charge in [-0.1, -0.05) is 17.3 Å². The van der Waals surface area contributed by atoms with Crippen LogP contribution in [0.2, 0.25) is 0 Å². The first-order chi connectivity index (χ1) is 10.4. The molecule has 0 spiro atoms. The van der Waals surface area contributed by atoms with Gasteiger partial charge in [-0.2, -0.15) is 0 Å². The van der Waals surface area contributed by atoms with Crippen LogP contribution in [0.25, 0.3) is 5.69 Å². The highest BCUT2D eigenvalue weighted by atomic mass is 16.4. The van der Waals surface area contributed by atoms with E-state index < -0.39 is 11.9 Å². The van der Waals surface area contributed by atoms with Crippen LogP contribution in [-0.4, -0.2) is 49.5 Å². The Morgan fingerprint density at radius 2 is 2.09 bits per heavy atom. The van der Waals surface area contributed by atoms with Gasteiger partial charge in [0.05, 0.1) is 11.9 Å². The molecule has 1 heterocycles. The molecule has 7 nitrogen and oxygen atoms in total. The fourth-order valence-corrected chi connectivity index (χ4v) is 2.04. The molecule has 7 heteroatoms. The Morgan fingerprint density at radius 3 is 2.68 bits per heavy atom. The molecule has 0 aliphatic rings. The van der Waals surface area contributed by atoms with Crippen molar-refractivity contribution in [3.8, 4) is 5.69 Å². The van der Waals surface area contributed by atoms with Gasteiger partial charge in [-0.25, -0.2) is 4.68 Å². The van der Waals surface area contributed by atoms with Crippen LogP contribution in [0.15, 0.2) is 30.5 Å². The van der Waals surface area contributed by atoms with Crippen LogP contribution in [0.5, 0.6) is 0 Å². The Hall–Kier alpha value is -2.70. The lowest BCUT2D eigenvalue weighted by Gasteiger charge is -2.23. The number of carboxylic acids is 1. The van der Waals surface area contributed by atoms with Crippen molar-refractivity contribution in [1.82, 2.24) is 19.9 Å². The predicted octanol–water partition coefficient (Wildman–Crippen LogP) is 1.51. The Balaban J connectivity index is 2.26.